The van der Waals surface area contributed by atoms with Crippen LogP contribution >= 0.6 is 11.8 Å². The second-order valence-electron chi connectivity index (χ2n) is 8.25. The van der Waals surface area contributed by atoms with E-state index in [-0.39, 0.29) is 36.0 Å². The molecule has 2 heterocycles. The van der Waals surface area contributed by atoms with Crippen molar-refractivity contribution >= 4 is 24.0 Å². The van der Waals surface area contributed by atoms with Crippen LogP contribution in [0.25, 0.3) is 0 Å². The molecular formula is C24H27NO6S. The molecule has 2 saturated heterocycles. The molecule has 0 unspecified atom stereocenters. The summed E-state index contributed by atoms with van der Waals surface area (Å²) in [7, 11) is 0. The normalized spacial score (nSPS) is 22.5. The zero-order valence-electron chi connectivity index (χ0n) is 18.2. The molecule has 32 heavy (non-hydrogen) atoms. The van der Waals surface area contributed by atoms with Crippen LogP contribution in [-0.4, -0.2) is 65.3 Å². The Morgan fingerprint density at radius 1 is 1.28 bits per heavy atom. The summed E-state index contributed by atoms with van der Waals surface area (Å²) >= 11 is 1.76. The van der Waals surface area contributed by atoms with Gasteiger partial charge in [0.2, 0.25) is 0 Å². The van der Waals surface area contributed by atoms with Crippen molar-refractivity contribution in [2.45, 2.75) is 31.8 Å². The Kier molecular flexibility index (Phi) is 6.74. The maximum atomic E-state index is 13.6. The zero-order chi connectivity index (χ0) is 22.7. The first-order chi connectivity index (χ1) is 15.4. The van der Waals surface area contributed by atoms with Gasteiger partial charge in [0.1, 0.15) is 24.2 Å². The number of aromatic hydroxyl groups is 1. The smallest absolute Gasteiger partial charge is 0.254 e. The van der Waals surface area contributed by atoms with Crippen LogP contribution in [-0.2, 0) is 9.47 Å². The molecule has 1 amide bonds. The van der Waals surface area contributed by atoms with E-state index in [0.29, 0.717) is 30.8 Å². The van der Waals surface area contributed by atoms with Crippen LogP contribution in [0.1, 0.15) is 46.2 Å². The van der Waals surface area contributed by atoms with Crippen molar-refractivity contribution in [2.24, 2.45) is 0 Å². The molecule has 0 aliphatic carbocycles. The third-order valence-corrected chi connectivity index (χ3v) is 6.72. The number of nitrogens with zero attached hydrogens (tertiary/aromatic N) is 1. The highest BCUT2D eigenvalue weighted by molar-refractivity contribution is 7.99. The fourth-order valence-corrected chi connectivity index (χ4v) is 5.03. The predicted octanol–water partition coefficient (Wildman–Crippen LogP) is 3.67. The molecule has 2 atom stereocenters. The molecule has 2 fully saturated rings. The summed E-state index contributed by atoms with van der Waals surface area (Å²) in [6.45, 7) is 4.94. The van der Waals surface area contributed by atoms with Crippen molar-refractivity contribution < 1.29 is 28.9 Å². The van der Waals surface area contributed by atoms with Crippen molar-refractivity contribution in [1.29, 1.82) is 0 Å². The van der Waals surface area contributed by atoms with E-state index in [1.54, 1.807) is 23.9 Å². The first kappa shape index (κ1) is 22.6. The van der Waals surface area contributed by atoms with Crippen LogP contribution < -0.4 is 4.74 Å². The first-order valence-electron chi connectivity index (χ1n) is 10.6. The highest BCUT2D eigenvalue weighted by atomic mass is 32.2. The SMILES string of the molecule is CC1(C)OC[C@@H](c2ccccc2C(=O)N2CCSC[C@H]2COc2cccc(O)c2C=O)O1. The summed E-state index contributed by atoms with van der Waals surface area (Å²) < 4.78 is 17.6. The molecule has 7 nitrogen and oxygen atoms in total. The van der Waals surface area contributed by atoms with E-state index < -0.39 is 5.79 Å². The highest BCUT2D eigenvalue weighted by Gasteiger charge is 2.37. The number of carbonyl (C=O) groups excluding carboxylic acids is 2. The summed E-state index contributed by atoms with van der Waals surface area (Å²) in [6.07, 6.45) is 0.270. The lowest BCUT2D eigenvalue weighted by atomic mass is 10.0. The second-order valence-corrected chi connectivity index (χ2v) is 9.40. The third-order valence-electron chi connectivity index (χ3n) is 5.63. The van der Waals surface area contributed by atoms with Crippen molar-refractivity contribution in [1.82, 2.24) is 4.90 Å². The molecule has 0 bridgehead atoms. The summed E-state index contributed by atoms with van der Waals surface area (Å²) in [4.78, 5) is 26.8. The van der Waals surface area contributed by atoms with Crippen LogP contribution in [0.4, 0.5) is 0 Å². The number of ether oxygens (including phenoxy) is 3. The monoisotopic (exact) mass is 457 g/mol. The number of aldehydes is 1. The van der Waals surface area contributed by atoms with Crippen LogP contribution in [0.2, 0.25) is 0 Å². The van der Waals surface area contributed by atoms with E-state index in [1.807, 2.05) is 43.0 Å². The lowest BCUT2D eigenvalue weighted by molar-refractivity contribution is -0.139. The molecule has 4 rings (SSSR count). The fourth-order valence-electron chi connectivity index (χ4n) is 3.99. The lowest BCUT2D eigenvalue weighted by Crippen LogP contribution is -2.49. The van der Waals surface area contributed by atoms with Gasteiger partial charge >= 0.3 is 0 Å². The topological polar surface area (TPSA) is 85.3 Å². The molecule has 1 N–H and O–H groups in total. The molecule has 0 spiro atoms. The van der Waals surface area contributed by atoms with Crippen LogP contribution in [0.3, 0.4) is 0 Å². The van der Waals surface area contributed by atoms with Gasteiger partial charge in [0.25, 0.3) is 5.91 Å². The van der Waals surface area contributed by atoms with Gasteiger partial charge in [0.05, 0.1) is 18.2 Å². The number of benzene rings is 2. The molecule has 170 valence electrons. The Bertz CT molecular complexity index is 994. The number of rotatable bonds is 6. The fraction of sp³-hybridized carbons (Fsp3) is 0.417. The van der Waals surface area contributed by atoms with Gasteiger partial charge in [-0.3, -0.25) is 9.59 Å². The van der Waals surface area contributed by atoms with Crippen molar-refractivity contribution in [3.8, 4) is 11.5 Å². The predicted molar refractivity (Wildman–Crippen MR) is 121 cm³/mol. The minimum atomic E-state index is -0.684. The van der Waals surface area contributed by atoms with Crippen LogP contribution in [0, 0.1) is 0 Å². The summed E-state index contributed by atoms with van der Waals surface area (Å²) in [6, 6.07) is 12.0. The van der Waals surface area contributed by atoms with Crippen molar-refractivity contribution in [3.05, 3.63) is 59.2 Å². The summed E-state index contributed by atoms with van der Waals surface area (Å²) in [5, 5.41) is 9.89. The van der Waals surface area contributed by atoms with Gasteiger partial charge in [-0.15, -0.1) is 0 Å². The molecule has 0 aromatic heterocycles. The second kappa shape index (κ2) is 9.52. The maximum absolute atomic E-state index is 13.6. The van der Waals surface area contributed by atoms with Gasteiger partial charge < -0.3 is 24.2 Å². The molecule has 8 heteroatoms. The largest absolute Gasteiger partial charge is 0.507 e. The maximum Gasteiger partial charge on any atom is 0.254 e. The Morgan fingerprint density at radius 3 is 2.84 bits per heavy atom. The molecule has 2 aliphatic rings. The third kappa shape index (κ3) is 4.77. The average molecular weight is 458 g/mol. The van der Waals surface area contributed by atoms with Gasteiger partial charge in [-0.05, 0) is 37.6 Å². The molecule has 2 aromatic carbocycles. The van der Waals surface area contributed by atoms with Gasteiger partial charge in [0, 0.05) is 23.6 Å². The van der Waals surface area contributed by atoms with Crippen molar-refractivity contribution in [3.63, 3.8) is 0 Å². The van der Waals surface area contributed by atoms with Gasteiger partial charge in [-0.1, -0.05) is 24.3 Å². The number of carbonyl (C=O) groups is 2. The lowest BCUT2D eigenvalue weighted by Gasteiger charge is -2.36. The van der Waals surface area contributed by atoms with E-state index in [4.69, 9.17) is 14.2 Å². The van der Waals surface area contributed by atoms with Crippen LogP contribution in [0.15, 0.2) is 42.5 Å². The summed E-state index contributed by atoms with van der Waals surface area (Å²) in [5.41, 5.74) is 1.53. The number of hydrogen-bond donors (Lipinski definition) is 1. The molecule has 2 aromatic rings. The Labute approximate surface area is 191 Å². The van der Waals surface area contributed by atoms with Crippen LogP contribution in [0.5, 0.6) is 11.5 Å². The van der Waals surface area contributed by atoms with E-state index in [1.165, 1.54) is 6.07 Å². The van der Waals surface area contributed by atoms with Crippen molar-refractivity contribution in [2.75, 3.05) is 31.3 Å². The van der Waals surface area contributed by atoms with Gasteiger partial charge in [-0.2, -0.15) is 11.8 Å². The zero-order valence-corrected chi connectivity index (χ0v) is 19.0. The molecular weight excluding hydrogens is 430 g/mol. The van der Waals surface area contributed by atoms with E-state index in [2.05, 4.69) is 0 Å². The summed E-state index contributed by atoms with van der Waals surface area (Å²) in [5.74, 6) is 0.984. The Hall–Kier alpha value is -2.55. The standard InChI is InChI=1S/C24H27NO6S/c1-24(2)30-14-22(31-24)17-6-3-4-7-18(17)23(28)25-10-11-32-15-16(25)13-29-21-9-5-8-20(27)19(21)12-26/h3-9,12,16,22,27H,10-11,13-15H2,1-2H3/t16-,22+/m1/s1. The number of phenols is 1. The number of hydrogen-bond acceptors (Lipinski definition) is 7. The number of thioether (sulfide) groups is 1. The van der Waals surface area contributed by atoms with E-state index in [0.717, 1.165) is 17.1 Å². The molecule has 0 radical (unpaired) electrons. The van der Waals surface area contributed by atoms with Gasteiger partial charge in [-0.25, -0.2) is 0 Å². The number of amides is 1. The quantitative estimate of drug-likeness (QED) is 0.663. The average Bonchev–Trinajstić information content (AvgIpc) is 3.17. The first-order valence-corrected chi connectivity index (χ1v) is 11.7. The Morgan fingerprint density at radius 2 is 2.09 bits per heavy atom. The van der Waals surface area contributed by atoms with E-state index >= 15 is 0 Å². The minimum absolute atomic E-state index is 0.0747. The molecule has 0 saturated carbocycles. The van der Waals surface area contributed by atoms with E-state index in [9.17, 15) is 14.7 Å². The Balaban J connectivity index is 1.53. The highest BCUT2D eigenvalue weighted by Crippen LogP contribution is 2.35. The minimum Gasteiger partial charge on any atom is -0.507 e. The number of phenolic OH excluding ortho intramolecular Hbond substituents is 1. The molecule has 2 aliphatic heterocycles. The van der Waals surface area contributed by atoms with Gasteiger partial charge in [0.15, 0.2) is 12.1 Å².